The average Bonchev–Trinajstić information content (AvgIpc) is 2.83. The van der Waals surface area contributed by atoms with Crippen molar-refractivity contribution in [2.75, 3.05) is 30.5 Å². The number of aromatic nitrogens is 2. The Bertz CT molecular complexity index is 552. The molecule has 1 atom stereocenters. The molecule has 2 rings (SSSR count). The number of hydrogen-bond acceptors (Lipinski definition) is 4. The number of rotatable bonds is 7. The summed E-state index contributed by atoms with van der Waals surface area (Å²) in [5, 5.41) is 0. The summed E-state index contributed by atoms with van der Waals surface area (Å²) in [6.45, 7) is 2.87. The molecule has 110 valence electrons. The van der Waals surface area contributed by atoms with E-state index in [1.807, 2.05) is 30.0 Å². The van der Waals surface area contributed by atoms with Crippen LogP contribution in [0.1, 0.15) is 19.0 Å². The van der Waals surface area contributed by atoms with Gasteiger partial charge in [0.1, 0.15) is 5.65 Å². The van der Waals surface area contributed by atoms with Crippen molar-refractivity contribution < 1.29 is 0 Å². The van der Waals surface area contributed by atoms with Gasteiger partial charge in [0.25, 0.3) is 0 Å². The number of hydrogen-bond donors (Lipinski definition) is 1. The van der Waals surface area contributed by atoms with Crippen LogP contribution in [-0.2, 0) is 6.42 Å². The molecule has 20 heavy (non-hydrogen) atoms. The Morgan fingerprint density at radius 2 is 2.25 bits per heavy atom. The van der Waals surface area contributed by atoms with Crippen molar-refractivity contribution in [1.29, 1.82) is 0 Å². The maximum Gasteiger partial charge on any atom is 0.151 e. The van der Waals surface area contributed by atoms with Gasteiger partial charge < -0.3 is 15.0 Å². The highest BCUT2D eigenvalue weighted by molar-refractivity contribution is 7.98. The van der Waals surface area contributed by atoms with Crippen LogP contribution in [-0.4, -0.2) is 41.0 Å². The van der Waals surface area contributed by atoms with Crippen molar-refractivity contribution in [2.45, 2.75) is 25.8 Å². The molecule has 0 bridgehead atoms. The van der Waals surface area contributed by atoms with E-state index < -0.39 is 0 Å². The van der Waals surface area contributed by atoms with Gasteiger partial charge in [-0.15, -0.1) is 0 Å². The lowest BCUT2D eigenvalue weighted by atomic mass is 10.2. The summed E-state index contributed by atoms with van der Waals surface area (Å²) in [6.07, 6.45) is 6.19. The summed E-state index contributed by atoms with van der Waals surface area (Å²) >= 11 is 1.88. The number of nitrogens with zero attached hydrogens (tertiary/aromatic N) is 3. The Morgan fingerprint density at radius 1 is 1.45 bits per heavy atom. The van der Waals surface area contributed by atoms with Gasteiger partial charge >= 0.3 is 0 Å². The molecule has 0 aromatic carbocycles. The van der Waals surface area contributed by atoms with Crippen LogP contribution in [0.25, 0.3) is 5.65 Å². The third kappa shape index (κ3) is 2.94. The maximum atomic E-state index is 5.78. The molecule has 4 nitrogen and oxygen atoms in total. The first-order valence-corrected chi connectivity index (χ1v) is 8.50. The predicted molar refractivity (Wildman–Crippen MR) is 88.8 cm³/mol. The van der Waals surface area contributed by atoms with Crippen molar-refractivity contribution in [3.63, 3.8) is 0 Å². The Morgan fingerprint density at radius 3 is 2.90 bits per heavy atom. The van der Waals surface area contributed by atoms with Gasteiger partial charge in [-0.2, -0.15) is 11.8 Å². The summed E-state index contributed by atoms with van der Waals surface area (Å²) in [6, 6.07) is 6.62. The standard InChI is InChI=1S/C15H24N4S/c1-4-12(11-20-3)18(2)15-13(8-9-16)19-10-6-5-7-14(19)17-15/h5-7,10,12H,4,8-9,11,16H2,1-3H3. The fourth-order valence-electron chi connectivity index (χ4n) is 2.55. The Kier molecular flexibility index (Phi) is 5.31. The predicted octanol–water partition coefficient (Wildman–Crippen LogP) is 2.41. The van der Waals surface area contributed by atoms with Crippen LogP contribution >= 0.6 is 11.8 Å². The van der Waals surface area contributed by atoms with E-state index in [9.17, 15) is 0 Å². The zero-order valence-corrected chi connectivity index (χ0v) is 13.4. The first-order valence-electron chi connectivity index (χ1n) is 7.10. The van der Waals surface area contributed by atoms with Gasteiger partial charge in [-0.05, 0) is 31.4 Å². The monoisotopic (exact) mass is 292 g/mol. The van der Waals surface area contributed by atoms with Crippen LogP contribution in [0.2, 0.25) is 0 Å². The van der Waals surface area contributed by atoms with Crippen LogP contribution in [0, 0.1) is 0 Å². The molecule has 2 aromatic rings. The molecule has 5 heteroatoms. The normalized spacial score (nSPS) is 12.8. The number of pyridine rings is 1. The SMILES string of the molecule is CCC(CSC)N(C)c1nc2ccccn2c1CCN. The van der Waals surface area contributed by atoms with Gasteiger partial charge in [0.15, 0.2) is 5.82 Å². The number of anilines is 1. The first kappa shape index (κ1) is 15.2. The zero-order valence-electron chi connectivity index (χ0n) is 12.5. The molecule has 0 radical (unpaired) electrons. The van der Waals surface area contributed by atoms with Crippen molar-refractivity contribution >= 4 is 23.2 Å². The second kappa shape index (κ2) is 6.99. The number of imidazole rings is 1. The van der Waals surface area contributed by atoms with Gasteiger partial charge in [-0.1, -0.05) is 13.0 Å². The highest BCUT2D eigenvalue weighted by atomic mass is 32.2. The molecular formula is C15H24N4S. The fourth-order valence-corrected chi connectivity index (χ4v) is 3.40. The highest BCUT2D eigenvalue weighted by Crippen LogP contribution is 2.24. The van der Waals surface area contributed by atoms with Crippen molar-refractivity contribution in [3.8, 4) is 0 Å². The molecule has 0 saturated carbocycles. The molecule has 0 saturated heterocycles. The Labute approximate surface area is 125 Å². The lowest BCUT2D eigenvalue weighted by Gasteiger charge is -2.27. The third-order valence-electron chi connectivity index (χ3n) is 3.70. The molecule has 0 aliphatic rings. The summed E-state index contributed by atoms with van der Waals surface area (Å²) in [7, 11) is 2.15. The largest absolute Gasteiger partial charge is 0.354 e. The third-order valence-corrected chi connectivity index (χ3v) is 4.42. The van der Waals surface area contributed by atoms with Crippen LogP contribution in [0.5, 0.6) is 0 Å². The summed E-state index contributed by atoms with van der Waals surface area (Å²) in [5.41, 5.74) is 7.99. The molecule has 2 heterocycles. The molecule has 0 aliphatic carbocycles. The van der Waals surface area contributed by atoms with Crippen molar-refractivity contribution in [1.82, 2.24) is 9.38 Å². The van der Waals surface area contributed by atoms with Crippen molar-refractivity contribution in [2.24, 2.45) is 5.73 Å². The minimum absolute atomic E-state index is 0.506. The minimum Gasteiger partial charge on any atom is -0.354 e. The lowest BCUT2D eigenvalue weighted by Crippen LogP contribution is -2.34. The molecule has 2 N–H and O–H groups in total. The average molecular weight is 292 g/mol. The lowest BCUT2D eigenvalue weighted by molar-refractivity contribution is 0.663. The first-order chi connectivity index (χ1) is 9.72. The van der Waals surface area contributed by atoms with Crippen LogP contribution in [0.15, 0.2) is 24.4 Å². The second-order valence-corrected chi connectivity index (χ2v) is 5.89. The topological polar surface area (TPSA) is 46.6 Å². The van der Waals surface area contributed by atoms with Crippen LogP contribution < -0.4 is 10.6 Å². The molecule has 0 amide bonds. The van der Waals surface area contributed by atoms with Gasteiger partial charge in [-0.3, -0.25) is 0 Å². The van der Waals surface area contributed by atoms with E-state index in [2.05, 4.69) is 35.7 Å². The van der Waals surface area contributed by atoms with Gasteiger partial charge in [0.2, 0.25) is 0 Å². The van der Waals surface area contributed by atoms with Crippen LogP contribution in [0.4, 0.5) is 5.82 Å². The van der Waals surface area contributed by atoms with Gasteiger partial charge in [-0.25, -0.2) is 4.98 Å². The molecule has 0 fully saturated rings. The van der Waals surface area contributed by atoms with E-state index in [4.69, 9.17) is 10.7 Å². The smallest absolute Gasteiger partial charge is 0.151 e. The van der Waals surface area contributed by atoms with E-state index in [0.717, 1.165) is 30.1 Å². The van der Waals surface area contributed by atoms with E-state index in [1.165, 1.54) is 5.69 Å². The Hall–Kier alpha value is -1.20. The summed E-state index contributed by atoms with van der Waals surface area (Å²) in [4.78, 5) is 7.12. The number of thioether (sulfide) groups is 1. The molecule has 0 spiro atoms. The van der Waals surface area contributed by atoms with Crippen molar-refractivity contribution in [3.05, 3.63) is 30.1 Å². The van der Waals surface area contributed by atoms with Gasteiger partial charge in [0.05, 0.1) is 5.69 Å². The quantitative estimate of drug-likeness (QED) is 0.851. The zero-order chi connectivity index (χ0) is 14.5. The summed E-state index contributed by atoms with van der Waals surface area (Å²) in [5.74, 6) is 2.19. The number of fused-ring (bicyclic) bond motifs is 1. The van der Waals surface area contributed by atoms with E-state index >= 15 is 0 Å². The van der Waals surface area contributed by atoms with E-state index in [1.54, 1.807) is 0 Å². The Balaban J connectivity index is 2.43. The molecular weight excluding hydrogens is 268 g/mol. The van der Waals surface area contributed by atoms with E-state index in [0.29, 0.717) is 12.6 Å². The van der Waals surface area contributed by atoms with Crippen LogP contribution in [0.3, 0.4) is 0 Å². The second-order valence-electron chi connectivity index (χ2n) is 4.98. The highest BCUT2D eigenvalue weighted by Gasteiger charge is 2.20. The summed E-state index contributed by atoms with van der Waals surface area (Å²) < 4.78 is 2.16. The van der Waals surface area contributed by atoms with E-state index in [-0.39, 0.29) is 0 Å². The maximum absolute atomic E-state index is 5.78. The number of nitrogens with two attached hydrogens (primary N) is 1. The molecule has 2 aromatic heterocycles. The molecule has 1 unspecified atom stereocenters. The minimum atomic E-state index is 0.506. The van der Waals surface area contributed by atoms with Gasteiger partial charge in [0, 0.05) is 31.5 Å². The molecule has 0 aliphatic heterocycles. The fraction of sp³-hybridized carbons (Fsp3) is 0.533.